The van der Waals surface area contributed by atoms with E-state index >= 15 is 0 Å². The van der Waals surface area contributed by atoms with Crippen molar-refractivity contribution in [3.63, 3.8) is 0 Å². The molecule has 0 rings (SSSR count). The van der Waals surface area contributed by atoms with Crippen molar-refractivity contribution in [3.05, 3.63) is 0 Å². The van der Waals surface area contributed by atoms with Crippen LogP contribution in [0.25, 0.3) is 0 Å². The van der Waals surface area contributed by atoms with Crippen LogP contribution in [0.3, 0.4) is 0 Å². The zero-order chi connectivity index (χ0) is 14.4. The SMILES string of the molecule is CCCCC(C)(CO)C(O)C(O)CC(C)(C)CO. The lowest BCUT2D eigenvalue weighted by atomic mass is 9.74. The molecular weight excluding hydrogens is 232 g/mol. The normalized spacial score (nSPS) is 19.3. The molecule has 4 nitrogen and oxygen atoms in total. The van der Waals surface area contributed by atoms with Crippen molar-refractivity contribution >= 4 is 0 Å². The van der Waals surface area contributed by atoms with E-state index in [1.54, 1.807) is 6.92 Å². The molecule has 0 fully saturated rings. The van der Waals surface area contributed by atoms with E-state index in [1.807, 2.05) is 13.8 Å². The van der Waals surface area contributed by atoms with Crippen molar-refractivity contribution in [1.29, 1.82) is 0 Å². The molecule has 0 aliphatic carbocycles. The van der Waals surface area contributed by atoms with Crippen molar-refractivity contribution in [2.24, 2.45) is 10.8 Å². The highest BCUT2D eigenvalue weighted by atomic mass is 16.3. The molecule has 0 spiro atoms. The van der Waals surface area contributed by atoms with Crippen LogP contribution in [-0.4, -0.2) is 45.8 Å². The summed E-state index contributed by atoms with van der Waals surface area (Å²) in [5.74, 6) is 0. The van der Waals surface area contributed by atoms with E-state index in [0.29, 0.717) is 12.8 Å². The fourth-order valence-corrected chi connectivity index (χ4v) is 2.11. The van der Waals surface area contributed by atoms with E-state index in [9.17, 15) is 20.4 Å². The highest BCUT2D eigenvalue weighted by Crippen LogP contribution is 2.33. The van der Waals surface area contributed by atoms with Crippen molar-refractivity contribution in [2.75, 3.05) is 13.2 Å². The molecule has 4 N–H and O–H groups in total. The molecule has 0 aromatic heterocycles. The van der Waals surface area contributed by atoms with Gasteiger partial charge in [-0.2, -0.15) is 0 Å². The number of rotatable bonds is 9. The summed E-state index contributed by atoms with van der Waals surface area (Å²) in [5.41, 5.74) is -1.11. The van der Waals surface area contributed by atoms with Crippen molar-refractivity contribution < 1.29 is 20.4 Å². The third kappa shape index (κ3) is 5.22. The maximum Gasteiger partial charge on any atom is 0.0874 e. The monoisotopic (exact) mass is 262 g/mol. The summed E-state index contributed by atoms with van der Waals surface area (Å²) in [7, 11) is 0. The van der Waals surface area contributed by atoms with Gasteiger partial charge < -0.3 is 20.4 Å². The zero-order valence-corrected chi connectivity index (χ0v) is 12.2. The lowest BCUT2D eigenvalue weighted by Crippen LogP contribution is -2.45. The van der Waals surface area contributed by atoms with Gasteiger partial charge in [0.1, 0.15) is 0 Å². The molecule has 110 valence electrons. The molecule has 3 unspecified atom stereocenters. The number of aliphatic hydroxyl groups is 4. The number of hydrogen-bond acceptors (Lipinski definition) is 4. The first-order valence-electron chi connectivity index (χ1n) is 6.80. The van der Waals surface area contributed by atoms with Gasteiger partial charge in [-0.25, -0.2) is 0 Å². The van der Waals surface area contributed by atoms with E-state index < -0.39 is 23.0 Å². The highest BCUT2D eigenvalue weighted by molar-refractivity contribution is 4.88. The predicted octanol–water partition coefficient (Wildman–Crippen LogP) is 1.31. The lowest BCUT2D eigenvalue weighted by molar-refractivity contribution is -0.0977. The van der Waals surface area contributed by atoms with Crippen molar-refractivity contribution in [2.45, 2.75) is 65.6 Å². The molecule has 0 aromatic carbocycles. The number of aliphatic hydroxyl groups excluding tert-OH is 4. The zero-order valence-electron chi connectivity index (χ0n) is 12.2. The Bertz CT molecular complexity index is 230. The average molecular weight is 262 g/mol. The number of hydrogen-bond donors (Lipinski definition) is 4. The Morgan fingerprint density at radius 3 is 1.94 bits per heavy atom. The van der Waals surface area contributed by atoms with Crippen LogP contribution in [-0.2, 0) is 0 Å². The Hall–Kier alpha value is -0.160. The summed E-state index contributed by atoms with van der Waals surface area (Å²) in [4.78, 5) is 0. The van der Waals surface area contributed by atoms with Crippen LogP contribution in [0.2, 0.25) is 0 Å². The fraction of sp³-hybridized carbons (Fsp3) is 1.00. The minimum absolute atomic E-state index is 0.0401. The van der Waals surface area contributed by atoms with Crippen LogP contribution >= 0.6 is 0 Å². The summed E-state index contributed by atoms with van der Waals surface area (Å²) in [6, 6.07) is 0. The first-order chi connectivity index (χ1) is 8.22. The van der Waals surface area contributed by atoms with Gasteiger partial charge >= 0.3 is 0 Å². The minimum Gasteiger partial charge on any atom is -0.396 e. The van der Waals surface area contributed by atoms with Gasteiger partial charge in [0.25, 0.3) is 0 Å². The number of unbranched alkanes of at least 4 members (excludes halogenated alkanes) is 1. The maximum absolute atomic E-state index is 10.2. The second kappa shape index (κ2) is 7.43. The van der Waals surface area contributed by atoms with Crippen LogP contribution in [0.4, 0.5) is 0 Å². The minimum atomic E-state index is -0.972. The summed E-state index contributed by atoms with van der Waals surface area (Å²) >= 11 is 0. The van der Waals surface area contributed by atoms with E-state index in [1.165, 1.54) is 0 Å². The first kappa shape index (κ1) is 17.8. The molecule has 0 aromatic rings. The third-order valence-corrected chi connectivity index (χ3v) is 3.73. The van der Waals surface area contributed by atoms with Gasteiger partial charge in [0.15, 0.2) is 0 Å². The second-order valence-electron chi connectivity index (χ2n) is 6.45. The topological polar surface area (TPSA) is 80.9 Å². The van der Waals surface area contributed by atoms with Crippen LogP contribution in [0.15, 0.2) is 0 Å². The second-order valence-corrected chi connectivity index (χ2v) is 6.45. The third-order valence-electron chi connectivity index (χ3n) is 3.73. The maximum atomic E-state index is 10.2. The van der Waals surface area contributed by atoms with Crippen LogP contribution in [0, 0.1) is 10.8 Å². The molecule has 0 aliphatic heterocycles. The lowest BCUT2D eigenvalue weighted by Gasteiger charge is -2.38. The predicted molar refractivity (Wildman–Crippen MR) is 72.2 cm³/mol. The van der Waals surface area contributed by atoms with Crippen LogP contribution in [0.5, 0.6) is 0 Å². The van der Waals surface area contributed by atoms with E-state index in [0.717, 1.165) is 12.8 Å². The Balaban J connectivity index is 4.62. The summed E-state index contributed by atoms with van der Waals surface area (Å²) in [6.07, 6.45) is 0.982. The van der Waals surface area contributed by atoms with Gasteiger partial charge in [-0.15, -0.1) is 0 Å². The van der Waals surface area contributed by atoms with Crippen molar-refractivity contribution in [1.82, 2.24) is 0 Å². The Morgan fingerprint density at radius 1 is 1.00 bits per heavy atom. The molecule has 0 saturated heterocycles. The fourth-order valence-electron chi connectivity index (χ4n) is 2.11. The molecule has 18 heavy (non-hydrogen) atoms. The Labute approximate surface area is 111 Å². The van der Waals surface area contributed by atoms with Crippen LogP contribution in [0.1, 0.15) is 53.4 Å². The van der Waals surface area contributed by atoms with Crippen molar-refractivity contribution in [3.8, 4) is 0 Å². The summed E-state index contributed by atoms with van der Waals surface area (Å²) in [5, 5.41) is 39.0. The smallest absolute Gasteiger partial charge is 0.0874 e. The van der Waals surface area contributed by atoms with Crippen LogP contribution < -0.4 is 0 Å². The Kier molecular flexibility index (Phi) is 7.37. The standard InChI is InChI=1S/C14H30O4/c1-5-6-7-14(4,10-16)12(18)11(17)8-13(2,3)9-15/h11-12,15-18H,5-10H2,1-4H3. The molecule has 0 radical (unpaired) electrons. The Morgan fingerprint density at radius 2 is 1.56 bits per heavy atom. The molecule has 0 bridgehead atoms. The molecule has 0 saturated carbocycles. The molecule has 4 heteroatoms. The van der Waals surface area contributed by atoms with E-state index in [-0.39, 0.29) is 13.2 Å². The van der Waals surface area contributed by atoms with Gasteiger partial charge in [0, 0.05) is 12.0 Å². The largest absolute Gasteiger partial charge is 0.396 e. The van der Waals surface area contributed by atoms with Gasteiger partial charge in [-0.05, 0) is 18.3 Å². The van der Waals surface area contributed by atoms with Gasteiger partial charge in [-0.1, -0.05) is 40.5 Å². The summed E-state index contributed by atoms with van der Waals surface area (Å²) in [6.45, 7) is 7.33. The summed E-state index contributed by atoms with van der Waals surface area (Å²) < 4.78 is 0. The molecule has 0 heterocycles. The molecular formula is C14H30O4. The molecule has 3 atom stereocenters. The average Bonchev–Trinajstić information content (AvgIpc) is 2.34. The molecule has 0 aliphatic rings. The first-order valence-corrected chi connectivity index (χ1v) is 6.80. The van der Waals surface area contributed by atoms with Gasteiger partial charge in [0.05, 0.1) is 18.8 Å². The van der Waals surface area contributed by atoms with E-state index in [4.69, 9.17) is 0 Å². The van der Waals surface area contributed by atoms with Gasteiger partial charge in [-0.3, -0.25) is 0 Å². The van der Waals surface area contributed by atoms with Gasteiger partial charge in [0.2, 0.25) is 0 Å². The highest BCUT2D eigenvalue weighted by Gasteiger charge is 2.38. The quantitative estimate of drug-likeness (QED) is 0.505. The van der Waals surface area contributed by atoms with E-state index in [2.05, 4.69) is 6.92 Å². The molecule has 0 amide bonds.